The third kappa shape index (κ3) is 4.10. The molecule has 5 heteroatoms. The van der Waals surface area contributed by atoms with E-state index in [1.54, 1.807) is 13.0 Å². The van der Waals surface area contributed by atoms with E-state index in [0.717, 1.165) is 25.9 Å². The van der Waals surface area contributed by atoms with Crippen LogP contribution in [0.1, 0.15) is 32.6 Å². The first-order valence-corrected chi connectivity index (χ1v) is 7.45. The van der Waals surface area contributed by atoms with Crippen molar-refractivity contribution < 1.29 is 9.18 Å². The van der Waals surface area contributed by atoms with Crippen LogP contribution in [0.2, 0.25) is 5.02 Å². The largest absolute Gasteiger partial charge is 0.374 e. The van der Waals surface area contributed by atoms with Gasteiger partial charge in [0.2, 0.25) is 5.91 Å². The van der Waals surface area contributed by atoms with Crippen molar-refractivity contribution in [1.29, 1.82) is 0 Å². The van der Waals surface area contributed by atoms with E-state index >= 15 is 0 Å². The minimum atomic E-state index is -0.408. The summed E-state index contributed by atoms with van der Waals surface area (Å²) >= 11 is 5.81. The summed E-state index contributed by atoms with van der Waals surface area (Å²) in [4.78, 5) is 14.3. The average molecular weight is 299 g/mol. The minimum Gasteiger partial charge on any atom is -0.374 e. The summed E-state index contributed by atoms with van der Waals surface area (Å²) in [6, 6.07) is 3.83. The number of benzene rings is 1. The molecule has 1 fully saturated rings. The maximum Gasteiger partial charge on any atom is 0.244 e. The van der Waals surface area contributed by atoms with Crippen LogP contribution in [0.25, 0.3) is 0 Å². The van der Waals surface area contributed by atoms with Crippen molar-refractivity contribution in [3.05, 3.63) is 29.0 Å². The molecule has 1 saturated heterocycles. The third-order valence-corrected chi connectivity index (χ3v) is 3.75. The number of nitrogens with zero attached hydrogens (tertiary/aromatic N) is 1. The molecular weight excluding hydrogens is 279 g/mol. The Bertz CT molecular complexity index is 453. The zero-order valence-corrected chi connectivity index (χ0v) is 12.4. The lowest BCUT2D eigenvalue weighted by Crippen LogP contribution is -2.41. The number of hydrogen-bond donors (Lipinski definition) is 1. The molecule has 1 atom stereocenters. The molecule has 1 aromatic carbocycles. The van der Waals surface area contributed by atoms with Crippen LogP contribution in [0.3, 0.4) is 0 Å². The Morgan fingerprint density at radius 2 is 1.90 bits per heavy atom. The summed E-state index contributed by atoms with van der Waals surface area (Å²) in [5, 5.41) is 3.35. The topological polar surface area (TPSA) is 32.3 Å². The first-order valence-electron chi connectivity index (χ1n) is 7.07. The Kier molecular flexibility index (Phi) is 5.24. The van der Waals surface area contributed by atoms with E-state index in [1.807, 2.05) is 4.90 Å². The minimum absolute atomic E-state index is 0.0623. The highest BCUT2D eigenvalue weighted by atomic mass is 35.5. The zero-order chi connectivity index (χ0) is 14.5. The van der Waals surface area contributed by atoms with Gasteiger partial charge in [0.1, 0.15) is 11.9 Å². The van der Waals surface area contributed by atoms with Crippen LogP contribution in [-0.4, -0.2) is 29.9 Å². The molecule has 3 nitrogen and oxygen atoms in total. The van der Waals surface area contributed by atoms with Gasteiger partial charge in [-0.15, -0.1) is 0 Å². The summed E-state index contributed by atoms with van der Waals surface area (Å²) in [5.41, 5.74) is 0.533. The Morgan fingerprint density at radius 1 is 1.25 bits per heavy atom. The molecule has 0 bridgehead atoms. The fourth-order valence-electron chi connectivity index (χ4n) is 2.51. The first-order chi connectivity index (χ1) is 9.56. The Morgan fingerprint density at radius 3 is 2.50 bits per heavy atom. The second-order valence-corrected chi connectivity index (χ2v) is 5.70. The summed E-state index contributed by atoms with van der Waals surface area (Å²) in [6.45, 7) is 3.43. The van der Waals surface area contributed by atoms with Crippen LogP contribution >= 0.6 is 11.6 Å². The molecule has 1 aliphatic heterocycles. The lowest BCUT2D eigenvalue weighted by atomic mass is 10.2. The molecule has 1 unspecified atom stereocenters. The van der Waals surface area contributed by atoms with Gasteiger partial charge in [-0.05, 0) is 38.0 Å². The highest BCUT2D eigenvalue weighted by Gasteiger charge is 2.21. The van der Waals surface area contributed by atoms with Crippen molar-refractivity contribution in [2.75, 3.05) is 18.4 Å². The normalized spacial score (nSPS) is 17.4. The van der Waals surface area contributed by atoms with Crippen LogP contribution in [0, 0.1) is 5.82 Å². The predicted molar refractivity (Wildman–Crippen MR) is 79.5 cm³/mol. The molecule has 0 aliphatic carbocycles. The monoisotopic (exact) mass is 298 g/mol. The van der Waals surface area contributed by atoms with Gasteiger partial charge in [-0.25, -0.2) is 4.39 Å². The van der Waals surface area contributed by atoms with E-state index in [4.69, 9.17) is 11.6 Å². The van der Waals surface area contributed by atoms with Gasteiger partial charge < -0.3 is 10.2 Å². The van der Waals surface area contributed by atoms with Gasteiger partial charge in [-0.3, -0.25) is 4.79 Å². The molecule has 2 rings (SSSR count). The summed E-state index contributed by atoms with van der Waals surface area (Å²) < 4.78 is 13.3. The SMILES string of the molecule is CC(Nc1cc(F)cc(Cl)c1)C(=O)N1CCCCCC1. The Balaban J connectivity index is 1.99. The second-order valence-electron chi connectivity index (χ2n) is 5.26. The van der Waals surface area contributed by atoms with Crippen molar-refractivity contribution in [2.45, 2.75) is 38.6 Å². The van der Waals surface area contributed by atoms with Crippen molar-refractivity contribution >= 4 is 23.2 Å². The highest BCUT2D eigenvalue weighted by molar-refractivity contribution is 6.30. The molecule has 110 valence electrons. The van der Waals surface area contributed by atoms with Gasteiger partial charge in [-0.2, -0.15) is 0 Å². The number of hydrogen-bond acceptors (Lipinski definition) is 2. The van der Waals surface area contributed by atoms with E-state index < -0.39 is 5.82 Å². The van der Waals surface area contributed by atoms with Crippen LogP contribution in [0.4, 0.5) is 10.1 Å². The zero-order valence-electron chi connectivity index (χ0n) is 11.7. The van der Waals surface area contributed by atoms with E-state index in [-0.39, 0.29) is 11.9 Å². The summed E-state index contributed by atoms with van der Waals surface area (Å²) in [6.07, 6.45) is 4.49. The fraction of sp³-hybridized carbons (Fsp3) is 0.533. The number of carbonyl (C=O) groups is 1. The van der Waals surface area contributed by atoms with Crippen molar-refractivity contribution in [2.24, 2.45) is 0 Å². The first kappa shape index (κ1) is 15.1. The Labute approximate surface area is 124 Å². The molecular formula is C15H20ClFN2O. The summed E-state index contributed by atoms with van der Waals surface area (Å²) in [5.74, 6) is -0.346. The molecule has 1 amide bonds. The molecule has 0 spiro atoms. The molecule has 1 heterocycles. The van der Waals surface area contributed by atoms with E-state index in [9.17, 15) is 9.18 Å². The van der Waals surface area contributed by atoms with Gasteiger partial charge in [0.15, 0.2) is 0 Å². The second kappa shape index (κ2) is 6.93. The van der Waals surface area contributed by atoms with Gasteiger partial charge in [-0.1, -0.05) is 24.4 Å². The summed E-state index contributed by atoms with van der Waals surface area (Å²) in [7, 11) is 0. The van der Waals surface area contributed by atoms with E-state index in [0.29, 0.717) is 10.7 Å². The molecule has 1 aliphatic rings. The number of carbonyl (C=O) groups excluding carboxylic acids is 1. The standard InChI is InChI=1S/C15H20ClFN2O/c1-11(15(20)19-6-4-2-3-5-7-19)18-14-9-12(16)8-13(17)10-14/h8-11,18H,2-7H2,1H3. The van der Waals surface area contributed by atoms with Gasteiger partial charge >= 0.3 is 0 Å². The predicted octanol–water partition coefficient (Wildman–Crippen LogP) is 3.68. The number of halogens is 2. The van der Waals surface area contributed by atoms with Crippen LogP contribution in [-0.2, 0) is 4.79 Å². The fourth-order valence-corrected chi connectivity index (χ4v) is 2.74. The average Bonchev–Trinajstić information content (AvgIpc) is 2.65. The van der Waals surface area contributed by atoms with E-state index in [1.165, 1.54) is 25.0 Å². The maximum absolute atomic E-state index is 13.3. The van der Waals surface area contributed by atoms with Gasteiger partial charge in [0.25, 0.3) is 0 Å². The molecule has 1 N–H and O–H groups in total. The maximum atomic E-state index is 13.3. The van der Waals surface area contributed by atoms with Gasteiger partial charge in [0.05, 0.1) is 0 Å². The number of amides is 1. The van der Waals surface area contributed by atoms with Crippen LogP contribution < -0.4 is 5.32 Å². The molecule has 0 saturated carbocycles. The van der Waals surface area contributed by atoms with Crippen molar-refractivity contribution in [3.8, 4) is 0 Å². The smallest absolute Gasteiger partial charge is 0.244 e. The number of anilines is 1. The lowest BCUT2D eigenvalue weighted by molar-refractivity contribution is -0.131. The highest BCUT2D eigenvalue weighted by Crippen LogP contribution is 2.19. The molecule has 20 heavy (non-hydrogen) atoms. The number of rotatable bonds is 3. The van der Waals surface area contributed by atoms with Crippen LogP contribution in [0.5, 0.6) is 0 Å². The number of likely N-dealkylation sites (tertiary alicyclic amines) is 1. The molecule has 0 radical (unpaired) electrons. The van der Waals surface area contributed by atoms with Crippen molar-refractivity contribution in [1.82, 2.24) is 4.90 Å². The lowest BCUT2D eigenvalue weighted by Gasteiger charge is -2.25. The van der Waals surface area contributed by atoms with Crippen LogP contribution in [0.15, 0.2) is 18.2 Å². The number of nitrogens with one attached hydrogen (secondary N) is 1. The van der Waals surface area contributed by atoms with Crippen molar-refractivity contribution in [3.63, 3.8) is 0 Å². The Hall–Kier alpha value is -1.29. The third-order valence-electron chi connectivity index (χ3n) is 3.53. The quantitative estimate of drug-likeness (QED) is 0.923. The molecule has 1 aromatic rings. The molecule has 0 aromatic heterocycles. The van der Waals surface area contributed by atoms with Gasteiger partial charge in [0, 0.05) is 23.8 Å². The van der Waals surface area contributed by atoms with E-state index in [2.05, 4.69) is 5.32 Å².